The summed E-state index contributed by atoms with van der Waals surface area (Å²) in [6.07, 6.45) is 0. The van der Waals surface area contributed by atoms with Crippen LogP contribution in [0.2, 0.25) is 0 Å². The number of benzene rings is 2. The van der Waals surface area contributed by atoms with Crippen molar-refractivity contribution in [3.05, 3.63) is 65.5 Å². The first-order valence-electron chi connectivity index (χ1n) is 9.47. The molecule has 0 saturated heterocycles. The standard InChI is InChI=1S/C22H21N5OS2/c1-14-9-7-8-12-17(14)19-25-26-22(27(19)3)30-15(2)20(28)24-21-23-18(13-29-21)16-10-5-4-6-11-16/h4-13,15H,1-3H3,(H,23,24,28). The molecule has 0 spiro atoms. The van der Waals surface area contributed by atoms with Crippen LogP contribution in [0.15, 0.2) is 65.1 Å². The van der Waals surface area contributed by atoms with E-state index >= 15 is 0 Å². The second-order valence-corrected chi connectivity index (χ2v) is 9.00. The van der Waals surface area contributed by atoms with Gasteiger partial charge in [-0.1, -0.05) is 66.4 Å². The average Bonchev–Trinajstić information content (AvgIpc) is 3.36. The van der Waals surface area contributed by atoms with E-state index in [1.54, 1.807) is 0 Å². The molecule has 1 atom stereocenters. The van der Waals surface area contributed by atoms with Gasteiger partial charge in [0.05, 0.1) is 10.9 Å². The Morgan fingerprint density at radius 3 is 2.60 bits per heavy atom. The van der Waals surface area contributed by atoms with Crippen molar-refractivity contribution in [2.75, 3.05) is 5.32 Å². The molecule has 6 nitrogen and oxygen atoms in total. The van der Waals surface area contributed by atoms with Gasteiger partial charge in [0.2, 0.25) is 5.91 Å². The zero-order chi connectivity index (χ0) is 21.1. The van der Waals surface area contributed by atoms with E-state index in [2.05, 4.69) is 20.5 Å². The molecule has 30 heavy (non-hydrogen) atoms. The van der Waals surface area contributed by atoms with Crippen LogP contribution in [-0.2, 0) is 11.8 Å². The Morgan fingerprint density at radius 2 is 1.83 bits per heavy atom. The summed E-state index contributed by atoms with van der Waals surface area (Å²) in [5.74, 6) is 0.671. The van der Waals surface area contributed by atoms with Crippen LogP contribution in [0.5, 0.6) is 0 Å². The highest BCUT2D eigenvalue weighted by atomic mass is 32.2. The van der Waals surface area contributed by atoms with Crippen LogP contribution >= 0.6 is 23.1 Å². The van der Waals surface area contributed by atoms with Gasteiger partial charge in [0.15, 0.2) is 16.1 Å². The number of hydrogen-bond acceptors (Lipinski definition) is 6. The molecule has 1 amide bonds. The molecule has 4 aromatic rings. The van der Waals surface area contributed by atoms with Crippen molar-refractivity contribution in [1.82, 2.24) is 19.7 Å². The lowest BCUT2D eigenvalue weighted by Crippen LogP contribution is -2.22. The van der Waals surface area contributed by atoms with Crippen LogP contribution < -0.4 is 5.32 Å². The molecule has 2 heterocycles. The monoisotopic (exact) mass is 435 g/mol. The van der Waals surface area contributed by atoms with Gasteiger partial charge in [0.25, 0.3) is 0 Å². The number of nitrogens with one attached hydrogen (secondary N) is 1. The lowest BCUT2D eigenvalue weighted by atomic mass is 10.1. The third kappa shape index (κ3) is 4.29. The molecule has 0 aliphatic carbocycles. The molecule has 0 radical (unpaired) electrons. The van der Waals surface area contributed by atoms with E-state index in [1.165, 1.54) is 23.1 Å². The van der Waals surface area contributed by atoms with E-state index in [-0.39, 0.29) is 11.2 Å². The van der Waals surface area contributed by atoms with Gasteiger partial charge in [-0.3, -0.25) is 4.79 Å². The van der Waals surface area contributed by atoms with Gasteiger partial charge in [0, 0.05) is 23.6 Å². The highest BCUT2D eigenvalue weighted by Crippen LogP contribution is 2.29. The highest BCUT2D eigenvalue weighted by Gasteiger charge is 2.21. The smallest absolute Gasteiger partial charge is 0.239 e. The summed E-state index contributed by atoms with van der Waals surface area (Å²) in [7, 11) is 1.92. The van der Waals surface area contributed by atoms with Gasteiger partial charge in [-0.15, -0.1) is 21.5 Å². The summed E-state index contributed by atoms with van der Waals surface area (Å²) in [6, 6.07) is 18.0. The first-order valence-corrected chi connectivity index (χ1v) is 11.2. The fourth-order valence-electron chi connectivity index (χ4n) is 2.97. The first-order chi connectivity index (χ1) is 14.5. The molecule has 2 aromatic carbocycles. The van der Waals surface area contributed by atoms with Crippen molar-refractivity contribution < 1.29 is 4.79 Å². The number of carbonyl (C=O) groups excluding carboxylic acids is 1. The zero-order valence-corrected chi connectivity index (χ0v) is 18.5. The number of rotatable bonds is 6. The molecule has 4 rings (SSSR count). The number of anilines is 1. The highest BCUT2D eigenvalue weighted by molar-refractivity contribution is 8.00. The van der Waals surface area contributed by atoms with Gasteiger partial charge >= 0.3 is 0 Å². The van der Waals surface area contributed by atoms with Crippen LogP contribution in [0.3, 0.4) is 0 Å². The molecular weight excluding hydrogens is 414 g/mol. The molecule has 0 bridgehead atoms. The molecule has 0 aliphatic heterocycles. The second-order valence-electron chi connectivity index (χ2n) is 6.83. The Kier molecular flexibility index (Phi) is 5.96. The molecular formula is C22H21N5OS2. The lowest BCUT2D eigenvalue weighted by molar-refractivity contribution is -0.115. The van der Waals surface area contributed by atoms with Gasteiger partial charge in [-0.05, 0) is 19.4 Å². The molecule has 2 aromatic heterocycles. The van der Waals surface area contributed by atoms with Crippen molar-refractivity contribution >= 4 is 34.1 Å². The van der Waals surface area contributed by atoms with Crippen molar-refractivity contribution in [3.63, 3.8) is 0 Å². The number of aryl methyl sites for hydroxylation is 1. The van der Waals surface area contributed by atoms with Crippen LogP contribution in [0.25, 0.3) is 22.6 Å². The van der Waals surface area contributed by atoms with Gasteiger partial charge < -0.3 is 9.88 Å². The van der Waals surface area contributed by atoms with Crippen molar-refractivity contribution in [2.45, 2.75) is 24.3 Å². The quantitative estimate of drug-likeness (QED) is 0.430. The molecule has 0 aliphatic rings. The molecule has 1 unspecified atom stereocenters. The van der Waals surface area contributed by atoms with Crippen LogP contribution in [0, 0.1) is 6.92 Å². The Hall–Kier alpha value is -2.97. The molecule has 8 heteroatoms. The van der Waals surface area contributed by atoms with E-state index in [4.69, 9.17) is 0 Å². The fraction of sp³-hybridized carbons (Fsp3) is 0.182. The fourth-order valence-corrected chi connectivity index (χ4v) is 4.50. The van der Waals surface area contributed by atoms with E-state index < -0.39 is 0 Å². The molecule has 0 fully saturated rings. The average molecular weight is 436 g/mol. The SMILES string of the molecule is Cc1ccccc1-c1nnc(SC(C)C(=O)Nc2nc(-c3ccccc3)cs2)n1C. The van der Waals surface area contributed by atoms with Gasteiger partial charge in [0.1, 0.15) is 0 Å². The summed E-state index contributed by atoms with van der Waals surface area (Å²) in [6.45, 7) is 3.90. The molecule has 0 saturated carbocycles. The van der Waals surface area contributed by atoms with Crippen molar-refractivity contribution in [1.29, 1.82) is 0 Å². The third-order valence-corrected chi connectivity index (χ3v) is 6.57. The normalized spacial score (nSPS) is 12.0. The minimum Gasteiger partial charge on any atom is -0.305 e. The zero-order valence-electron chi connectivity index (χ0n) is 16.9. The summed E-state index contributed by atoms with van der Waals surface area (Å²) < 4.78 is 1.92. The summed E-state index contributed by atoms with van der Waals surface area (Å²) in [5, 5.41) is 14.4. The van der Waals surface area contributed by atoms with Crippen molar-refractivity contribution in [3.8, 4) is 22.6 Å². The maximum Gasteiger partial charge on any atom is 0.239 e. The Labute approximate surface area is 183 Å². The maximum absolute atomic E-state index is 12.7. The minimum atomic E-state index is -0.346. The predicted molar refractivity (Wildman–Crippen MR) is 123 cm³/mol. The summed E-state index contributed by atoms with van der Waals surface area (Å²) in [5.41, 5.74) is 4.05. The molecule has 152 valence electrons. The Balaban J connectivity index is 1.43. The summed E-state index contributed by atoms with van der Waals surface area (Å²) in [4.78, 5) is 17.2. The Bertz CT molecular complexity index is 1170. The van der Waals surface area contributed by atoms with E-state index in [9.17, 15) is 4.79 Å². The first kappa shape index (κ1) is 20.3. The number of hydrogen-bond donors (Lipinski definition) is 1. The van der Waals surface area contributed by atoms with Gasteiger partial charge in [-0.25, -0.2) is 4.98 Å². The number of thiazole rings is 1. The van der Waals surface area contributed by atoms with Crippen LogP contribution in [0.1, 0.15) is 12.5 Å². The topological polar surface area (TPSA) is 72.7 Å². The maximum atomic E-state index is 12.7. The van der Waals surface area contributed by atoms with E-state index in [1.807, 2.05) is 85.4 Å². The van der Waals surface area contributed by atoms with Gasteiger partial charge in [-0.2, -0.15) is 0 Å². The number of aromatic nitrogens is 4. The number of nitrogens with zero attached hydrogens (tertiary/aromatic N) is 4. The van der Waals surface area contributed by atoms with Crippen molar-refractivity contribution in [2.24, 2.45) is 7.05 Å². The summed E-state index contributed by atoms with van der Waals surface area (Å²) >= 11 is 2.79. The number of amides is 1. The Morgan fingerprint density at radius 1 is 1.10 bits per heavy atom. The predicted octanol–water partition coefficient (Wildman–Crippen LogP) is 5.03. The van der Waals surface area contributed by atoms with E-state index in [0.29, 0.717) is 10.3 Å². The van der Waals surface area contributed by atoms with Crippen LogP contribution in [-0.4, -0.2) is 30.9 Å². The lowest BCUT2D eigenvalue weighted by Gasteiger charge is -2.10. The molecule has 1 N–H and O–H groups in total. The number of thioether (sulfide) groups is 1. The second kappa shape index (κ2) is 8.81. The van der Waals surface area contributed by atoms with E-state index in [0.717, 1.165) is 28.2 Å². The number of carbonyl (C=O) groups is 1. The minimum absolute atomic E-state index is 0.116. The van der Waals surface area contributed by atoms with Crippen LogP contribution in [0.4, 0.5) is 5.13 Å². The third-order valence-electron chi connectivity index (χ3n) is 4.68. The largest absolute Gasteiger partial charge is 0.305 e.